The number of carbonyl (C=O) groups is 2. The molecule has 102 valence electrons. The predicted octanol–water partition coefficient (Wildman–Crippen LogP) is 1.29. The van der Waals surface area contributed by atoms with Gasteiger partial charge in [-0.25, -0.2) is 9.59 Å². The summed E-state index contributed by atoms with van der Waals surface area (Å²) in [5, 5.41) is 20.1. The average molecular weight is 255 g/mol. The first-order valence-corrected chi connectivity index (χ1v) is 5.92. The summed E-state index contributed by atoms with van der Waals surface area (Å²) in [5.41, 5.74) is 0. The lowest BCUT2D eigenvalue weighted by molar-refractivity contribution is -0.139. The van der Waals surface area contributed by atoms with E-state index in [1.165, 1.54) is 11.9 Å². The van der Waals surface area contributed by atoms with Crippen LogP contribution in [0, 0.1) is 23.2 Å². The summed E-state index contributed by atoms with van der Waals surface area (Å²) in [5.74, 6) is -1.15. The van der Waals surface area contributed by atoms with E-state index in [0.29, 0.717) is 6.42 Å². The van der Waals surface area contributed by atoms with Gasteiger partial charge in [0.2, 0.25) is 0 Å². The van der Waals surface area contributed by atoms with Crippen LogP contribution < -0.4 is 5.32 Å². The topological polar surface area (TPSA) is 93.4 Å². The first-order chi connectivity index (χ1) is 8.27. The van der Waals surface area contributed by atoms with E-state index in [9.17, 15) is 9.59 Å². The zero-order valence-corrected chi connectivity index (χ0v) is 11.3. The molecule has 0 fully saturated rings. The van der Waals surface area contributed by atoms with Crippen LogP contribution in [0.1, 0.15) is 27.2 Å². The van der Waals surface area contributed by atoms with Gasteiger partial charge in [0, 0.05) is 13.6 Å². The van der Waals surface area contributed by atoms with Crippen molar-refractivity contribution in [3.05, 3.63) is 0 Å². The number of carbonyl (C=O) groups excluding carboxylic acids is 1. The van der Waals surface area contributed by atoms with E-state index in [0.717, 1.165) is 0 Å². The van der Waals surface area contributed by atoms with Crippen molar-refractivity contribution in [2.45, 2.75) is 33.2 Å². The number of aliphatic carboxylic acids is 1. The van der Waals surface area contributed by atoms with E-state index in [2.05, 4.69) is 5.32 Å². The second-order valence-corrected chi connectivity index (χ2v) is 4.88. The monoisotopic (exact) mass is 255 g/mol. The van der Waals surface area contributed by atoms with E-state index in [4.69, 9.17) is 10.4 Å². The Kier molecular flexibility index (Phi) is 6.79. The zero-order chi connectivity index (χ0) is 14.3. The van der Waals surface area contributed by atoms with Crippen molar-refractivity contribution in [3.8, 4) is 6.07 Å². The van der Waals surface area contributed by atoms with Crippen molar-refractivity contribution in [1.82, 2.24) is 10.2 Å². The Bertz CT molecular complexity index is 336. The highest BCUT2D eigenvalue weighted by Gasteiger charge is 2.23. The standard InChI is InChI=1S/C12H21N3O3/c1-8(2)5-10(11(16)17)14-12(18)15(4)7-9(3)6-13/h8-10H,5,7H2,1-4H3,(H,14,18)(H,16,17)/t9?,10-/m1/s1. The fourth-order valence-corrected chi connectivity index (χ4v) is 1.49. The SMILES string of the molecule is CC(C)C[C@@H](NC(=O)N(C)CC(C)C#N)C(=O)O. The Balaban J connectivity index is 4.42. The minimum absolute atomic E-state index is 0.176. The smallest absolute Gasteiger partial charge is 0.326 e. The van der Waals surface area contributed by atoms with Gasteiger partial charge < -0.3 is 15.3 Å². The molecule has 0 aliphatic carbocycles. The third kappa shape index (κ3) is 6.09. The Hall–Kier alpha value is -1.77. The zero-order valence-electron chi connectivity index (χ0n) is 11.3. The molecule has 2 amide bonds. The Morgan fingerprint density at radius 1 is 1.39 bits per heavy atom. The minimum atomic E-state index is -1.04. The molecule has 2 atom stereocenters. The fraction of sp³-hybridized carbons (Fsp3) is 0.750. The maximum atomic E-state index is 11.7. The third-order valence-corrected chi connectivity index (χ3v) is 2.42. The van der Waals surface area contributed by atoms with Crippen LogP contribution in [0.25, 0.3) is 0 Å². The maximum Gasteiger partial charge on any atom is 0.326 e. The first kappa shape index (κ1) is 16.2. The number of hydrogen-bond acceptors (Lipinski definition) is 3. The molecule has 0 aromatic carbocycles. The average Bonchev–Trinajstić information content (AvgIpc) is 2.26. The molecule has 0 heterocycles. The number of rotatable bonds is 6. The number of hydrogen-bond donors (Lipinski definition) is 2. The van der Waals surface area contributed by atoms with E-state index < -0.39 is 18.0 Å². The summed E-state index contributed by atoms with van der Waals surface area (Å²) >= 11 is 0. The van der Waals surface area contributed by atoms with E-state index in [-0.39, 0.29) is 18.4 Å². The molecule has 0 bridgehead atoms. The maximum absolute atomic E-state index is 11.7. The van der Waals surface area contributed by atoms with Crippen LogP contribution >= 0.6 is 0 Å². The molecule has 0 radical (unpaired) electrons. The number of urea groups is 1. The van der Waals surface area contributed by atoms with Gasteiger partial charge in [-0.2, -0.15) is 5.26 Å². The minimum Gasteiger partial charge on any atom is -0.480 e. The normalized spacial score (nSPS) is 13.6. The summed E-state index contributed by atoms with van der Waals surface area (Å²) in [4.78, 5) is 24.0. The number of carboxylic acid groups (broad SMARTS) is 1. The molecule has 0 saturated carbocycles. The second kappa shape index (κ2) is 7.54. The molecule has 6 nitrogen and oxygen atoms in total. The lowest BCUT2D eigenvalue weighted by Crippen LogP contribution is -2.48. The van der Waals surface area contributed by atoms with Crippen LogP contribution in [0.5, 0.6) is 0 Å². The Morgan fingerprint density at radius 3 is 2.33 bits per heavy atom. The summed E-state index contributed by atoms with van der Waals surface area (Å²) in [6, 6.07) is 0.662. The van der Waals surface area contributed by atoms with Crippen molar-refractivity contribution in [2.75, 3.05) is 13.6 Å². The number of nitrogens with one attached hydrogen (secondary N) is 1. The summed E-state index contributed by atoms with van der Waals surface area (Å²) in [6.45, 7) is 5.76. The molecule has 0 rings (SSSR count). The van der Waals surface area contributed by atoms with E-state index in [1.807, 2.05) is 19.9 Å². The molecule has 18 heavy (non-hydrogen) atoms. The summed E-state index contributed by atoms with van der Waals surface area (Å²) in [7, 11) is 1.54. The van der Waals surface area contributed by atoms with Gasteiger partial charge in [0.15, 0.2) is 0 Å². The van der Waals surface area contributed by atoms with Crippen molar-refractivity contribution in [3.63, 3.8) is 0 Å². The lowest BCUT2D eigenvalue weighted by Gasteiger charge is -2.22. The number of nitrogens with zero attached hydrogens (tertiary/aromatic N) is 2. The van der Waals surface area contributed by atoms with Gasteiger partial charge in [-0.1, -0.05) is 13.8 Å². The number of carboxylic acids is 1. The van der Waals surface area contributed by atoms with Gasteiger partial charge in [0.25, 0.3) is 0 Å². The van der Waals surface area contributed by atoms with Gasteiger partial charge in [0.05, 0.1) is 12.0 Å². The van der Waals surface area contributed by atoms with Crippen molar-refractivity contribution in [1.29, 1.82) is 5.26 Å². The van der Waals surface area contributed by atoms with Crippen molar-refractivity contribution < 1.29 is 14.7 Å². The molecule has 0 aromatic heterocycles. The molecule has 0 saturated heterocycles. The summed E-state index contributed by atoms with van der Waals surface area (Å²) < 4.78 is 0. The molecule has 0 spiro atoms. The molecule has 0 aliphatic rings. The highest BCUT2D eigenvalue weighted by Crippen LogP contribution is 2.06. The largest absolute Gasteiger partial charge is 0.480 e. The van der Waals surface area contributed by atoms with Crippen LogP contribution in [0.2, 0.25) is 0 Å². The van der Waals surface area contributed by atoms with Gasteiger partial charge in [0.1, 0.15) is 6.04 Å². The molecule has 6 heteroatoms. The van der Waals surface area contributed by atoms with Gasteiger partial charge in [-0.15, -0.1) is 0 Å². The molecule has 1 unspecified atom stereocenters. The molecule has 0 aliphatic heterocycles. The van der Waals surface area contributed by atoms with Crippen LogP contribution in [0.4, 0.5) is 4.79 Å². The van der Waals surface area contributed by atoms with Crippen LogP contribution in [-0.4, -0.2) is 41.6 Å². The van der Waals surface area contributed by atoms with E-state index in [1.54, 1.807) is 6.92 Å². The van der Waals surface area contributed by atoms with Crippen LogP contribution in [0.3, 0.4) is 0 Å². The van der Waals surface area contributed by atoms with Crippen molar-refractivity contribution >= 4 is 12.0 Å². The Morgan fingerprint density at radius 2 is 1.94 bits per heavy atom. The highest BCUT2D eigenvalue weighted by atomic mass is 16.4. The molecule has 2 N–H and O–H groups in total. The summed E-state index contributed by atoms with van der Waals surface area (Å²) in [6.07, 6.45) is 0.378. The third-order valence-electron chi connectivity index (χ3n) is 2.42. The lowest BCUT2D eigenvalue weighted by atomic mass is 10.0. The highest BCUT2D eigenvalue weighted by molar-refractivity contribution is 5.82. The van der Waals surface area contributed by atoms with Gasteiger partial charge in [-0.05, 0) is 19.3 Å². The Labute approximate surface area is 108 Å². The molecular formula is C12H21N3O3. The molecular weight excluding hydrogens is 234 g/mol. The van der Waals surface area contributed by atoms with Gasteiger partial charge in [-0.3, -0.25) is 0 Å². The number of amides is 2. The molecule has 0 aromatic rings. The van der Waals surface area contributed by atoms with Crippen molar-refractivity contribution in [2.24, 2.45) is 11.8 Å². The van der Waals surface area contributed by atoms with Crippen LogP contribution in [-0.2, 0) is 4.79 Å². The number of nitriles is 1. The van der Waals surface area contributed by atoms with Gasteiger partial charge >= 0.3 is 12.0 Å². The second-order valence-electron chi connectivity index (χ2n) is 4.88. The van der Waals surface area contributed by atoms with E-state index >= 15 is 0 Å². The quantitative estimate of drug-likeness (QED) is 0.747. The first-order valence-electron chi connectivity index (χ1n) is 5.92. The fourth-order valence-electron chi connectivity index (χ4n) is 1.49. The van der Waals surface area contributed by atoms with Crippen LogP contribution in [0.15, 0.2) is 0 Å². The predicted molar refractivity (Wildman–Crippen MR) is 66.8 cm³/mol.